The maximum absolute atomic E-state index is 8.55. The van der Waals surface area contributed by atoms with Crippen LogP contribution >= 0.6 is 0 Å². The van der Waals surface area contributed by atoms with Crippen molar-refractivity contribution in [2.24, 2.45) is 0 Å². The van der Waals surface area contributed by atoms with Crippen molar-refractivity contribution in [2.75, 3.05) is 32.9 Å². The van der Waals surface area contributed by atoms with E-state index in [1.165, 1.54) is 0 Å². The van der Waals surface area contributed by atoms with Crippen LogP contribution in [0.5, 0.6) is 11.5 Å². The van der Waals surface area contributed by atoms with Crippen LogP contribution in [-0.4, -0.2) is 38.0 Å². The fraction of sp³-hybridized carbons (Fsp3) is 0.500. The zero-order chi connectivity index (χ0) is 11.6. The van der Waals surface area contributed by atoms with Crippen LogP contribution in [0.2, 0.25) is 0 Å². The molecular weight excluding hydrogens is 206 g/mol. The first kappa shape index (κ1) is 12.8. The van der Waals surface area contributed by atoms with Crippen LogP contribution < -0.4 is 14.8 Å². The van der Waals surface area contributed by atoms with Gasteiger partial charge in [0.25, 0.3) is 0 Å². The van der Waals surface area contributed by atoms with Gasteiger partial charge in [-0.3, -0.25) is 0 Å². The van der Waals surface area contributed by atoms with Crippen LogP contribution in [0.4, 0.5) is 0 Å². The Morgan fingerprint density at radius 1 is 1.06 bits per heavy atom. The lowest BCUT2D eigenvalue weighted by Gasteiger charge is -2.08. The lowest BCUT2D eigenvalue weighted by atomic mass is 10.3. The average molecular weight is 225 g/mol. The topological polar surface area (TPSA) is 50.7 Å². The van der Waals surface area contributed by atoms with Crippen molar-refractivity contribution in [2.45, 2.75) is 6.92 Å². The minimum atomic E-state index is 0.156. The summed E-state index contributed by atoms with van der Waals surface area (Å²) >= 11 is 0. The van der Waals surface area contributed by atoms with Gasteiger partial charge in [-0.05, 0) is 31.2 Å². The molecule has 0 radical (unpaired) electrons. The van der Waals surface area contributed by atoms with Gasteiger partial charge in [0, 0.05) is 13.1 Å². The van der Waals surface area contributed by atoms with Crippen molar-refractivity contribution in [3.63, 3.8) is 0 Å². The highest BCUT2D eigenvalue weighted by molar-refractivity contribution is 5.31. The molecule has 90 valence electrons. The Hall–Kier alpha value is -1.26. The van der Waals surface area contributed by atoms with E-state index in [1.807, 2.05) is 31.2 Å². The van der Waals surface area contributed by atoms with E-state index in [0.29, 0.717) is 19.8 Å². The molecule has 1 aromatic rings. The molecule has 4 nitrogen and oxygen atoms in total. The number of benzene rings is 1. The summed E-state index contributed by atoms with van der Waals surface area (Å²) in [5.74, 6) is 1.68. The molecule has 2 N–H and O–H groups in total. The summed E-state index contributed by atoms with van der Waals surface area (Å²) < 4.78 is 10.8. The van der Waals surface area contributed by atoms with Crippen LogP contribution in [0.3, 0.4) is 0 Å². The summed E-state index contributed by atoms with van der Waals surface area (Å²) in [6.07, 6.45) is 0. The number of nitrogens with one attached hydrogen (secondary N) is 1. The lowest BCUT2D eigenvalue weighted by molar-refractivity contribution is 0.275. The van der Waals surface area contributed by atoms with Crippen LogP contribution in [-0.2, 0) is 0 Å². The molecule has 0 amide bonds. The minimum Gasteiger partial charge on any atom is -0.494 e. The fourth-order valence-electron chi connectivity index (χ4n) is 1.24. The van der Waals surface area contributed by atoms with Gasteiger partial charge >= 0.3 is 0 Å². The smallest absolute Gasteiger partial charge is 0.119 e. The van der Waals surface area contributed by atoms with Gasteiger partial charge in [-0.15, -0.1) is 0 Å². The Balaban J connectivity index is 2.21. The van der Waals surface area contributed by atoms with E-state index in [9.17, 15) is 0 Å². The molecule has 0 unspecified atom stereocenters. The first-order valence-corrected chi connectivity index (χ1v) is 5.54. The van der Waals surface area contributed by atoms with Crippen molar-refractivity contribution in [3.8, 4) is 11.5 Å². The first-order chi connectivity index (χ1) is 7.86. The standard InChI is InChI=1S/C12H19NO3/c1-2-15-11-3-5-12(6-4-11)16-10-8-13-7-9-14/h3-6,13-14H,2,7-10H2,1H3. The molecule has 1 rings (SSSR count). The van der Waals surface area contributed by atoms with E-state index in [1.54, 1.807) is 0 Å². The van der Waals surface area contributed by atoms with Crippen LogP contribution in [0.15, 0.2) is 24.3 Å². The van der Waals surface area contributed by atoms with Crippen LogP contribution in [0.1, 0.15) is 6.92 Å². The van der Waals surface area contributed by atoms with E-state index < -0.39 is 0 Å². The summed E-state index contributed by atoms with van der Waals surface area (Å²) in [7, 11) is 0. The Morgan fingerprint density at radius 3 is 2.25 bits per heavy atom. The largest absolute Gasteiger partial charge is 0.494 e. The third-order valence-corrected chi connectivity index (χ3v) is 1.97. The SMILES string of the molecule is CCOc1ccc(OCCNCCO)cc1. The van der Waals surface area contributed by atoms with Crippen molar-refractivity contribution < 1.29 is 14.6 Å². The van der Waals surface area contributed by atoms with E-state index in [2.05, 4.69) is 5.32 Å². The maximum atomic E-state index is 8.55. The quantitative estimate of drug-likeness (QED) is 0.649. The number of aliphatic hydroxyl groups is 1. The molecule has 16 heavy (non-hydrogen) atoms. The minimum absolute atomic E-state index is 0.156. The Labute approximate surface area is 96.2 Å². The van der Waals surface area contributed by atoms with Gasteiger partial charge in [0.05, 0.1) is 13.2 Å². The van der Waals surface area contributed by atoms with Gasteiger partial charge < -0.3 is 19.9 Å². The molecule has 4 heteroatoms. The highest BCUT2D eigenvalue weighted by Crippen LogP contribution is 2.17. The first-order valence-electron chi connectivity index (χ1n) is 5.54. The van der Waals surface area contributed by atoms with Gasteiger partial charge in [0.1, 0.15) is 18.1 Å². The second kappa shape index (κ2) is 7.96. The monoisotopic (exact) mass is 225 g/mol. The molecule has 0 aliphatic heterocycles. The molecule has 0 aliphatic carbocycles. The van der Waals surface area contributed by atoms with E-state index in [-0.39, 0.29) is 6.61 Å². The van der Waals surface area contributed by atoms with Crippen LogP contribution in [0, 0.1) is 0 Å². The van der Waals surface area contributed by atoms with Gasteiger partial charge in [-0.25, -0.2) is 0 Å². The molecule has 1 aromatic carbocycles. The maximum Gasteiger partial charge on any atom is 0.119 e. The van der Waals surface area contributed by atoms with E-state index in [0.717, 1.165) is 18.0 Å². The molecule has 0 atom stereocenters. The zero-order valence-electron chi connectivity index (χ0n) is 9.61. The van der Waals surface area contributed by atoms with Gasteiger partial charge in [-0.2, -0.15) is 0 Å². The molecule has 0 aliphatic rings. The molecule has 0 saturated carbocycles. The molecule has 0 aromatic heterocycles. The summed E-state index contributed by atoms with van der Waals surface area (Å²) in [5, 5.41) is 11.6. The van der Waals surface area contributed by atoms with Gasteiger partial charge in [0.15, 0.2) is 0 Å². The van der Waals surface area contributed by atoms with Crippen LogP contribution in [0.25, 0.3) is 0 Å². The highest BCUT2D eigenvalue weighted by atomic mass is 16.5. The number of aliphatic hydroxyl groups excluding tert-OH is 1. The Morgan fingerprint density at radius 2 is 1.69 bits per heavy atom. The molecule has 0 fully saturated rings. The summed E-state index contributed by atoms with van der Waals surface area (Å²) in [6.45, 7) is 4.71. The molecule has 0 heterocycles. The third-order valence-electron chi connectivity index (χ3n) is 1.97. The lowest BCUT2D eigenvalue weighted by Crippen LogP contribution is -2.23. The number of ether oxygens (including phenoxy) is 2. The van der Waals surface area contributed by atoms with Gasteiger partial charge in [0.2, 0.25) is 0 Å². The zero-order valence-corrected chi connectivity index (χ0v) is 9.61. The summed E-state index contributed by atoms with van der Waals surface area (Å²) in [4.78, 5) is 0. The molecule has 0 spiro atoms. The van der Waals surface area contributed by atoms with E-state index in [4.69, 9.17) is 14.6 Å². The number of rotatable bonds is 8. The second-order valence-electron chi connectivity index (χ2n) is 3.23. The van der Waals surface area contributed by atoms with Crippen molar-refractivity contribution in [3.05, 3.63) is 24.3 Å². The highest BCUT2D eigenvalue weighted by Gasteiger charge is 1.95. The van der Waals surface area contributed by atoms with E-state index >= 15 is 0 Å². The Bertz CT molecular complexity index is 274. The Kier molecular flexibility index (Phi) is 6.37. The third kappa shape index (κ3) is 5.00. The van der Waals surface area contributed by atoms with Crippen molar-refractivity contribution >= 4 is 0 Å². The number of hydrogen-bond acceptors (Lipinski definition) is 4. The van der Waals surface area contributed by atoms with Crippen molar-refractivity contribution in [1.29, 1.82) is 0 Å². The van der Waals surface area contributed by atoms with Gasteiger partial charge in [-0.1, -0.05) is 0 Å². The molecule has 0 saturated heterocycles. The number of hydrogen-bond donors (Lipinski definition) is 2. The summed E-state index contributed by atoms with van der Waals surface area (Å²) in [5.41, 5.74) is 0. The average Bonchev–Trinajstić information content (AvgIpc) is 2.31. The molecule has 0 bridgehead atoms. The molecular formula is C12H19NO3. The second-order valence-corrected chi connectivity index (χ2v) is 3.23. The normalized spacial score (nSPS) is 10.1. The predicted octanol–water partition coefficient (Wildman–Crippen LogP) is 1.05. The fourth-order valence-corrected chi connectivity index (χ4v) is 1.24. The predicted molar refractivity (Wildman–Crippen MR) is 63.1 cm³/mol. The summed E-state index contributed by atoms with van der Waals surface area (Å²) in [6, 6.07) is 7.55. The van der Waals surface area contributed by atoms with Crippen molar-refractivity contribution in [1.82, 2.24) is 5.32 Å².